The summed E-state index contributed by atoms with van der Waals surface area (Å²) in [6, 6.07) is 9.58. The molecule has 0 heterocycles. The fourth-order valence-electron chi connectivity index (χ4n) is 2.33. The summed E-state index contributed by atoms with van der Waals surface area (Å²) in [4.78, 5) is 46.6. The number of nitro groups is 1. The number of anilines is 1. The molecule has 0 saturated carbocycles. The summed E-state index contributed by atoms with van der Waals surface area (Å²) in [5.41, 5.74) is 0.564. The van der Waals surface area contributed by atoms with Crippen LogP contribution in [0.25, 0.3) is 0 Å². The van der Waals surface area contributed by atoms with E-state index in [2.05, 4.69) is 10.6 Å². The van der Waals surface area contributed by atoms with Crippen LogP contribution in [0.3, 0.4) is 0 Å². The van der Waals surface area contributed by atoms with Gasteiger partial charge in [-0.25, -0.2) is 4.79 Å². The van der Waals surface area contributed by atoms with Gasteiger partial charge in [-0.3, -0.25) is 19.7 Å². The van der Waals surface area contributed by atoms with E-state index in [1.807, 2.05) is 0 Å². The predicted octanol–water partition coefficient (Wildman–Crippen LogP) is 2.86. The minimum absolute atomic E-state index is 0.0123. The van der Waals surface area contributed by atoms with Crippen molar-refractivity contribution in [1.82, 2.24) is 5.32 Å². The Morgan fingerprint density at radius 2 is 1.90 bits per heavy atom. The lowest BCUT2D eigenvalue weighted by molar-refractivity contribution is -0.384. The van der Waals surface area contributed by atoms with Gasteiger partial charge in [0.1, 0.15) is 11.7 Å². The van der Waals surface area contributed by atoms with Gasteiger partial charge in [0.15, 0.2) is 6.61 Å². The third kappa shape index (κ3) is 6.01. The van der Waals surface area contributed by atoms with Gasteiger partial charge in [-0.1, -0.05) is 29.8 Å². The minimum Gasteiger partial charge on any atom is -0.454 e. The Hall–Kier alpha value is -3.46. The van der Waals surface area contributed by atoms with Crippen LogP contribution in [0.1, 0.15) is 22.8 Å². The van der Waals surface area contributed by atoms with E-state index in [-0.39, 0.29) is 22.0 Å². The molecule has 152 valence electrons. The molecule has 0 aliphatic carbocycles. The summed E-state index contributed by atoms with van der Waals surface area (Å²) in [7, 11) is 0. The van der Waals surface area contributed by atoms with Gasteiger partial charge in [0.05, 0.1) is 15.5 Å². The zero-order chi connectivity index (χ0) is 21.6. The fourth-order valence-corrected chi connectivity index (χ4v) is 2.55. The normalized spacial score (nSPS) is 11.3. The standard InChI is InChI=1S/C19H18ClN3O6/c1-11-7-8-15(16(9-11)23(27)28)22-17(24)10-29-19(26)12(2)21-18(25)13-5-3-4-6-14(13)20/h3-9,12H,10H2,1-2H3,(H,21,25)(H,22,24)/t12-/m0/s1. The first kappa shape index (κ1) is 21.8. The number of carbonyl (C=O) groups excluding carboxylic acids is 3. The molecular weight excluding hydrogens is 402 g/mol. The number of benzene rings is 2. The molecule has 0 aliphatic heterocycles. The van der Waals surface area contributed by atoms with Gasteiger partial charge in [0.2, 0.25) is 0 Å². The minimum atomic E-state index is -1.04. The molecule has 2 rings (SSSR count). The van der Waals surface area contributed by atoms with Gasteiger partial charge in [0.25, 0.3) is 17.5 Å². The number of nitrogens with zero attached hydrogens (tertiary/aromatic N) is 1. The smallest absolute Gasteiger partial charge is 0.328 e. The van der Waals surface area contributed by atoms with Crippen molar-refractivity contribution in [3.05, 3.63) is 68.7 Å². The first-order valence-electron chi connectivity index (χ1n) is 8.46. The molecule has 0 unspecified atom stereocenters. The number of nitro benzene ring substituents is 1. The summed E-state index contributed by atoms with van der Waals surface area (Å²) in [6.45, 7) is 2.40. The maximum absolute atomic E-state index is 12.1. The molecule has 0 saturated heterocycles. The van der Waals surface area contributed by atoms with E-state index in [9.17, 15) is 24.5 Å². The maximum atomic E-state index is 12.1. The van der Waals surface area contributed by atoms with Crippen molar-refractivity contribution in [3.63, 3.8) is 0 Å². The maximum Gasteiger partial charge on any atom is 0.328 e. The molecule has 29 heavy (non-hydrogen) atoms. The number of aryl methyl sites for hydroxylation is 1. The average molecular weight is 420 g/mol. The van der Waals surface area contributed by atoms with Crippen LogP contribution in [0.2, 0.25) is 5.02 Å². The number of esters is 1. The Labute approximate surface area is 171 Å². The molecule has 2 amide bonds. The Morgan fingerprint density at radius 1 is 1.21 bits per heavy atom. The molecule has 0 aliphatic rings. The molecule has 2 N–H and O–H groups in total. The lowest BCUT2D eigenvalue weighted by atomic mass is 10.2. The Morgan fingerprint density at radius 3 is 2.55 bits per heavy atom. The highest BCUT2D eigenvalue weighted by atomic mass is 35.5. The number of halogens is 1. The van der Waals surface area contributed by atoms with E-state index in [4.69, 9.17) is 16.3 Å². The van der Waals surface area contributed by atoms with Gasteiger partial charge in [0, 0.05) is 6.07 Å². The summed E-state index contributed by atoms with van der Waals surface area (Å²) in [5.74, 6) is -2.17. The SMILES string of the molecule is Cc1ccc(NC(=O)COC(=O)[C@H](C)NC(=O)c2ccccc2Cl)c([N+](=O)[O-])c1. The quantitative estimate of drug-likeness (QED) is 0.403. The highest BCUT2D eigenvalue weighted by Gasteiger charge is 2.21. The Balaban J connectivity index is 1.90. The zero-order valence-corrected chi connectivity index (χ0v) is 16.4. The van der Waals surface area contributed by atoms with E-state index in [0.29, 0.717) is 5.56 Å². The summed E-state index contributed by atoms with van der Waals surface area (Å²) >= 11 is 5.93. The van der Waals surface area contributed by atoms with Crippen LogP contribution in [0.15, 0.2) is 42.5 Å². The zero-order valence-electron chi connectivity index (χ0n) is 15.6. The molecule has 1 atom stereocenters. The van der Waals surface area contributed by atoms with Gasteiger partial charge in [-0.2, -0.15) is 0 Å². The van der Waals surface area contributed by atoms with Gasteiger partial charge in [-0.15, -0.1) is 0 Å². The fraction of sp³-hybridized carbons (Fsp3) is 0.211. The predicted molar refractivity (Wildman–Crippen MR) is 106 cm³/mol. The van der Waals surface area contributed by atoms with E-state index < -0.39 is 35.4 Å². The third-order valence-electron chi connectivity index (χ3n) is 3.79. The lowest BCUT2D eigenvalue weighted by Gasteiger charge is -2.14. The van der Waals surface area contributed by atoms with Gasteiger partial charge >= 0.3 is 5.97 Å². The van der Waals surface area contributed by atoms with Crippen LogP contribution < -0.4 is 10.6 Å². The number of hydrogen-bond acceptors (Lipinski definition) is 6. The van der Waals surface area contributed by atoms with E-state index >= 15 is 0 Å². The second-order valence-corrected chi connectivity index (χ2v) is 6.52. The van der Waals surface area contributed by atoms with Crippen LogP contribution >= 0.6 is 11.6 Å². The van der Waals surface area contributed by atoms with Crippen LogP contribution in [-0.2, 0) is 14.3 Å². The molecule has 0 spiro atoms. The van der Waals surface area contributed by atoms with Crippen LogP contribution in [0, 0.1) is 17.0 Å². The van der Waals surface area contributed by atoms with Crippen molar-refractivity contribution in [2.45, 2.75) is 19.9 Å². The Bertz CT molecular complexity index is 963. The van der Waals surface area contributed by atoms with Crippen molar-refractivity contribution in [2.75, 3.05) is 11.9 Å². The monoisotopic (exact) mass is 419 g/mol. The second-order valence-electron chi connectivity index (χ2n) is 6.11. The second kappa shape index (κ2) is 9.65. The average Bonchev–Trinajstić information content (AvgIpc) is 2.67. The van der Waals surface area contributed by atoms with E-state index in [0.717, 1.165) is 0 Å². The highest BCUT2D eigenvalue weighted by Crippen LogP contribution is 2.25. The molecule has 0 bridgehead atoms. The molecule has 2 aromatic carbocycles. The first-order valence-corrected chi connectivity index (χ1v) is 8.83. The molecule has 0 fully saturated rings. The Kier molecular flexibility index (Phi) is 7.27. The number of nitrogens with one attached hydrogen (secondary N) is 2. The third-order valence-corrected chi connectivity index (χ3v) is 4.12. The molecule has 10 heteroatoms. The first-order chi connectivity index (χ1) is 13.7. The van der Waals surface area contributed by atoms with Crippen LogP contribution in [0.5, 0.6) is 0 Å². The number of carbonyl (C=O) groups is 3. The molecule has 9 nitrogen and oxygen atoms in total. The van der Waals surface area contributed by atoms with Gasteiger partial charge in [-0.05, 0) is 37.6 Å². The number of ether oxygens (including phenoxy) is 1. The van der Waals surface area contributed by atoms with Crippen molar-refractivity contribution in [3.8, 4) is 0 Å². The van der Waals surface area contributed by atoms with Crippen molar-refractivity contribution in [1.29, 1.82) is 0 Å². The number of hydrogen-bond donors (Lipinski definition) is 2. The summed E-state index contributed by atoms with van der Waals surface area (Å²) in [6.07, 6.45) is 0. The van der Waals surface area contributed by atoms with E-state index in [1.54, 1.807) is 25.1 Å². The highest BCUT2D eigenvalue weighted by molar-refractivity contribution is 6.33. The molecular formula is C19H18ClN3O6. The number of rotatable bonds is 7. The van der Waals surface area contributed by atoms with Crippen molar-refractivity contribution >= 4 is 40.8 Å². The molecule has 0 aromatic heterocycles. The van der Waals surface area contributed by atoms with Gasteiger partial charge < -0.3 is 15.4 Å². The van der Waals surface area contributed by atoms with Crippen molar-refractivity contribution < 1.29 is 24.0 Å². The number of amides is 2. The largest absolute Gasteiger partial charge is 0.454 e. The summed E-state index contributed by atoms with van der Waals surface area (Å²) in [5, 5.41) is 16.0. The summed E-state index contributed by atoms with van der Waals surface area (Å²) < 4.78 is 4.86. The topological polar surface area (TPSA) is 128 Å². The lowest BCUT2D eigenvalue weighted by Crippen LogP contribution is -2.40. The van der Waals surface area contributed by atoms with E-state index in [1.165, 1.54) is 31.2 Å². The van der Waals surface area contributed by atoms with Crippen molar-refractivity contribution in [2.24, 2.45) is 0 Å². The van der Waals surface area contributed by atoms with Crippen LogP contribution in [-0.4, -0.2) is 35.4 Å². The molecule has 0 radical (unpaired) electrons. The molecule has 2 aromatic rings. The van der Waals surface area contributed by atoms with Crippen LogP contribution in [0.4, 0.5) is 11.4 Å².